The van der Waals surface area contributed by atoms with Crippen molar-refractivity contribution < 1.29 is 9.21 Å². The van der Waals surface area contributed by atoms with Gasteiger partial charge in [-0.3, -0.25) is 4.79 Å². The van der Waals surface area contributed by atoms with Gasteiger partial charge in [0.1, 0.15) is 5.58 Å². The minimum absolute atomic E-state index is 0.00806. The fourth-order valence-electron chi connectivity index (χ4n) is 2.70. The summed E-state index contributed by atoms with van der Waals surface area (Å²) in [5.41, 5.74) is 0.716. The highest BCUT2D eigenvalue weighted by Gasteiger charge is 2.36. The first kappa shape index (κ1) is 11.3. The molecule has 1 aliphatic rings. The molecule has 1 aromatic heterocycles. The molecule has 18 heavy (non-hydrogen) atoms. The zero-order chi connectivity index (χ0) is 12.8. The van der Waals surface area contributed by atoms with Crippen LogP contribution in [-0.2, 0) is 0 Å². The highest BCUT2D eigenvalue weighted by molar-refractivity contribution is 5.96. The number of likely N-dealkylation sites (tertiary alicyclic amines) is 1. The number of benzene rings is 1. The van der Waals surface area contributed by atoms with Crippen LogP contribution in [0.4, 0.5) is 0 Å². The number of furan rings is 1. The topological polar surface area (TPSA) is 33.5 Å². The number of carbonyl (C=O) groups excluding carboxylic acids is 1. The molecular weight excluding hydrogens is 226 g/mol. The van der Waals surface area contributed by atoms with E-state index in [1.807, 2.05) is 35.2 Å². The lowest BCUT2D eigenvalue weighted by Gasteiger charge is -2.30. The van der Waals surface area contributed by atoms with Crippen LogP contribution in [0.2, 0.25) is 0 Å². The Morgan fingerprint density at radius 2 is 2.11 bits per heavy atom. The van der Waals surface area contributed by atoms with Crippen LogP contribution in [0, 0.1) is 0 Å². The lowest BCUT2D eigenvalue weighted by molar-refractivity contribution is 0.0621. The Hall–Kier alpha value is -1.77. The van der Waals surface area contributed by atoms with Crippen LogP contribution in [-0.4, -0.2) is 22.9 Å². The molecule has 0 unspecified atom stereocenters. The van der Waals surface area contributed by atoms with Gasteiger partial charge in [0.25, 0.3) is 5.91 Å². The quantitative estimate of drug-likeness (QED) is 0.768. The molecule has 3 heteroatoms. The zero-order valence-corrected chi connectivity index (χ0v) is 10.8. The molecule has 1 fully saturated rings. The molecule has 2 aromatic rings. The second-order valence-electron chi connectivity index (χ2n) is 5.52. The van der Waals surface area contributed by atoms with Crippen LogP contribution < -0.4 is 0 Å². The summed E-state index contributed by atoms with van der Waals surface area (Å²) in [6, 6.07) is 9.56. The van der Waals surface area contributed by atoms with Gasteiger partial charge in [-0.25, -0.2) is 0 Å². The van der Waals surface area contributed by atoms with Gasteiger partial charge in [-0.05, 0) is 38.8 Å². The molecule has 0 N–H and O–H groups in total. The highest BCUT2D eigenvalue weighted by atomic mass is 16.3. The smallest absolute Gasteiger partial charge is 0.290 e. The lowest BCUT2D eigenvalue weighted by Crippen LogP contribution is -2.42. The first-order valence-corrected chi connectivity index (χ1v) is 6.38. The summed E-state index contributed by atoms with van der Waals surface area (Å²) in [6.45, 7) is 5.05. The third-order valence-electron chi connectivity index (χ3n) is 3.78. The van der Waals surface area contributed by atoms with E-state index in [2.05, 4.69) is 13.8 Å². The molecule has 3 rings (SSSR count). The van der Waals surface area contributed by atoms with Gasteiger partial charge in [0.15, 0.2) is 5.76 Å². The van der Waals surface area contributed by atoms with Gasteiger partial charge < -0.3 is 9.32 Å². The molecular formula is C15H17NO2. The van der Waals surface area contributed by atoms with Crippen LogP contribution in [0.5, 0.6) is 0 Å². The predicted octanol–water partition coefficient (Wildman–Crippen LogP) is 3.45. The molecule has 1 amide bonds. The van der Waals surface area contributed by atoms with Crippen LogP contribution in [0.25, 0.3) is 11.0 Å². The fraction of sp³-hybridized carbons (Fsp3) is 0.400. The average Bonchev–Trinajstić information content (AvgIpc) is 2.90. The van der Waals surface area contributed by atoms with Crippen LogP contribution in [0.15, 0.2) is 34.7 Å². The SMILES string of the molecule is CC1(C)CCCN1C(=O)c1cc2ccccc2o1. The van der Waals surface area contributed by atoms with Crippen molar-refractivity contribution in [3.05, 3.63) is 36.1 Å². The Balaban J connectivity index is 1.97. The minimum Gasteiger partial charge on any atom is -0.451 e. The molecule has 1 saturated heterocycles. The number of rotatable bonds is 1. The van der Waals surface area contributed by atoms with E-state index in [0.29, 0.717) is 5.76 Å². The molecule has 0 bridgehead atoms. The van der Waals surface area contributed by atoms with Gasteiger partial charge in [0.2, 0.25) is 0 Å². The molecule has 0 saturated carbocycles. The Kier molecular flexibility index (Phi) is 2.44. The van der Waals surface area contributed by atoms with Crippen LogP contribution in [0.1, 0.15) is 37.2 Å². The summed E-state index contributed by atoms with van der Waals surface area (Å²) in [7, 11) is 0. The molecule has 94 valence electrons. The van der Waals surface area contributed by atoms with Gasteiger partial charge in [-0.1, -0.05) is 18.2 Å². The number of hydrogen-bond donors (Lipinski definition) is 0. The number of fused-ring (bicyclic) bond motifs is 1. The van der Waals surface area contributed by atoms with Crippen LogP contribution in [0.3, 0.4) is 0 Å². The van der Waals surface area contributed by atoms with Crippen molar-refractivity contribution in [1.29, 1.82) is 0 Å². The molecule has 0 radical (unpaired) electrons. The first-order chi connectivity index (χ1) is 8.58. The zero-order valence-electron chi connectivity index (χ0n) is 10.8. The number of carbonyl (C=O) groups is 1. The summed E-state index contributed by atoms with van der Waals surface area (Å²) in [4.78, 5) is 14.4. The third kappa shape index (κ3) is 1.70. The van der Waals surface area contributed by atoms with Gasteiger partial charge in [0.05, 0.1) is 0 Å². The summed E-state index contributed by atoms with van der Waals surface area (Å²) in [5.74, 6) is 0.458. The number of nitrogens with zero attached hydrogens (tertiary/aromatic N) is 1. The normalized spacial score (nSPS) is 18.4. The second-order valence-corrected chi connectivity index (χ2v) is 5.52. The highest BCUT2D eigenvalue weighted by Crippen LogP contribution is 2.31. The molecule has 2 heterocycles. The van der Waals surface area contributed by atoms with E-state index >= 15 is 0 Å². The van der Waals surface area contributed by atoms with E-state index < -0.39 is 0 Å². The van der Waals surface area contributed by atoms with Crippen molar-refractivity contribution in [2.45, 2.75) is 32.2 Å². The Labute approximate surface area is 106 Å². The number of amides is 1. The molecule has 0 atom stereocenters. The Morgan fingerprint density at radius 3 is 2.78 bits per heavy atom. The number of hydrogen-bond acceptors (Lipinski definition) is 2. The summed E-state index contributed by atoms with van der Waals surface area (Å²) in [6.07, 6.45) is 2.12. The van der Waals surface area contributed by atoms with Gasteiger partial charge in [-0.2, -0.15) is 0 Å². The largest absolute Gasteiger partial charge is 0.451 e. The molecule has 1 aromatic carbocycles. The summed E-state index contributed by atoms with van der Waals surface area (Å²) in [5, 5.41) is 0.984. The Morgan fingerprint density at radius 1 is 1.33 bits per heavy atom. The molecule has 0 aliphatic carbocycles. The van der Waals surface area contributed by atoms with Crippen molar-refractivity contribution in [1.82, 2.24) is 4.90 Å². The fourth-order valence-corrected chi connectivity index (χ4v) is 2.70. The maximum absolute atomic E-state index is 12.5. The van der Waals surface area contributed by atoms with E-state index in [9.17, 15) is 4.79 Å². The van der Waals surface area contributed by atoms with E-state index in [4.69, 9.17) is 4.42 Å². The van der Waals surface area contributed by atoms with Crippen molar-refractivity contribution in [3.63, 3.8) is 0 Å². The monoisotopic (exact) mass is 243 g/mol. The lowest BCUT2D eigenvalue weighted by atomic mass is 10.0. The summed E-state index contributed by atoms with van der Waals surface area (Å²) >= 11 is 0. The van der Waals surface area contributed by atoms with Gasteiger partial charge >= 0.3 is 0 Å². The van der Waals surface area contributed by atoms with Crippen molar-refractivity contribution in [2.24, 2.45) is 0 Å². The molecule has 3 nitrogen and oxygen atoms in total. The molecule has 1 aliphatic heterocycles. The maximum Gasteiger partial charge on any atom is 0.290 e. The minimum atomic E-state index is -0.0595. The number of para-hydroxylation sites is 1. The van der Waals surface area contributed by atoms with E-state index in [1.54, 1.807) is 0 Å². The maximum atomic E-state index is 12.5. The van der Waals surface area contributed by atoms with E-state index in [1.165, 1.54) is 0 Å². The standard InChI is InChI=1S/C15H17NO2/c1-15(2)8-5-9-16(15)14(17)13-10-11-6-3-4-7-12(11)18-13/h3-4,6-7,10H,5,8-9H2,1-2H3. The Bertz CT molecular complexity index is 564. The van der Waals surface area contributed by atoms with E-state index in [0.717, 1.165) is 30.4 Å². The molecule has 0 spiro atoms. The third-order valence-corrected chi connectivity index (χ3v) is 3.78. The van der Waals surface area contributed by atoms with Crippen molar-refractivity contribution in [2.75, 3.05) is 6.54 Å². The predicted molar refractivity (Wildman–Crippen MR) is 70.6 cm³/mol. The second kappa shape index (κ2) is 3.87. The summed E-state index contributed by atoms with van der Waals surface area (Å²) < 4.78 is 5.64. The first-order valence-electron chi connectivity index (χ1n) is 6.38. The van der Waals surface area contributed by atoms with Crippen molar-refractivity contribution in [3.8, 4) is 0 Å². The van der Waals surface area contributed by atoms with Gasteiger partial charge in [-0.15, -0.1) is 0 Å². The van der Waals surface area contributed by atoms with Gasteiger partial charge in [0, 0.05) is 17.5 Å². The van der Waals surface area contributed by atoms with Crippen LogP contribution >= 0.6 is 0 Å². The van der Waals surface area contributed by atoms with E-state index in [-0.39, 0.29) is 11.4 Å². The average molecular weight is 243 g/mol. The van der Waals surface area contributed by atoms with Crippen molar-refractivity contribution >= 4 is 16.9 Å².